The lowest BCUT2D eigenvalue weighted by molar-refractivity contribution is -0.385. The molecule has 0 aliphatic heterocycles. The molecule has 3 N–H and O–H groups in total. The molecule has 0 aliphatic rings. The van der Waals surface area contributed by atoms with E-state index in [2.05, 4.69) is 10.5 Å². The second-order valence-corrected chi connectivity index (χ2v) is 5.85. The van der Waals surface area contributed by atoms with Crippen molar-refractivity contribution in [3.8, 4) is 11.5 Å². The lowest BCUT2D eigenvalue weighted by atomic mass is 10.0. The quantitative estimate of drug-likeness (QED) is 0.344. The summed E-state index contributed by atoms with van der Waals surface area (Å²) in [7, 11) is 0. The number of aliphatic hydroxyl groups excluding tert-OH is 1. The number of hydrogen-bond donors (Lipinski definition) is 3. The van der Waals surface area contributed by atoms with Crippen LogP contribution in [0.5, 0.6) is 11.5 Å². The summed E-state index contributed by atoms with van der Waals surface area (Å²) in [5.74, 6) is -0.149. The number of nitro benzene ring substituents is 1. The monoisotopic (exact) mass is 387 g/mol. The van der Waals surface area contributed by atoms with Crippen LogP contribution >= 0.6 is 0 Å². The van der Waals surface area contributed by atoms with Gasteiger partial charge in [-0.2, -0.15) is 5.10 Å². The maximum absolute atomic E-state index is 11.8. The highest BCUT2D eigenvalue weighted by molar-refractivity contribution is 5.83. The number of rotatable bonds is 9. The molecule has 0 radical (unpaired) electrons. The number of aromatic hydroxyl groups is 1. The van der Waals surface area contributed by atoms with Gasteiger partial charge in [0.2, 0.25) is 5.91 Å². The van der Waals surface area contributed by atoms with E-state index >= 15 is 0 Å². The van der Waals surface area contributed by atoms with Crippen LogP contribution in [0.4, 0.5) is 5.69 Å². The summed E-state index contributed by atoms with van der Waals surface area (Å²) in [6, 6.07) is 10.7. The van der Waals surface area contributed by atoms with Crippen molar-refractivity contribution in [2.24, 2.45) is 5.10 Å². The zero-order valence-electron chi connectivity index (χ0n) is 15.2. The molecule has 9 heteroatoms. The number of phenolic OH excluding ortho intramolecular Hbond substituents is 1. The molecule has 0 saturated carbocycles. The van der Waals surface area contributed by atoms with Gasteiger partial charge in [-0.15, -0.1) is 0 Å². The van der Waals surface area contributed by atoms with Gasteiger partial charge in [-0.05, 0) is 43.2 Å². The van der Waals surface area contributed by atoms with Gasteiger partial charge < -0.3 is 14.9 Å². The van der Waals surface area contributed by atoms with E-state index in [1.807, 2.05) is 6.92 Å². The molecule has 0 spiro atoms. The number of hydrazone groups is 1. The van der Waals surface area contributed by atoms with E-state index < -0.39 is 28.4 Å². The van der Waals surface area contributed by atoms with Crippen LogP contribution in [-0.2, 0) is 4.79 Å². The molecule has 0 heterocycles. The molecule has 9 nitrogen and oxygen atoms in total. The average Bonchev–Trinajstić information content (AvgIpc) is 2.68. The first-order valence-corrected chi connectivity index (χ1v) is 8.60. The summed E-state index contributed by atoms with van der Waals surface area (Å²) < 4.78 is 5.33. The van der Waals surface area contributed by atoms with Crippen molar-refractivity contribution < 1.29 is 24.7 Å². The van der Waals surface area contributed by atoms with Crippen molar-refractivity contribution >= 4 is 17.8 Å². The summed E-state index contributed by atoms with van der Waals surface area (Å²) in [6.07, 6.45) is 0.680. The molecule has 2 aromatic rings. The number of aliphatic hydroxyl groups is 1. The van der Waals surface area contributed by atoms with E-state index in [9.17, 15) is 25.1 Å². The molecule has 1 unspecified atom stereocenters. The number of nitro groups is 1. The van der Waals surface area contributed by atoms with Crippen molar-refractivity contribution in [1.82, 2.24) is 5.43 Å². The number of nitrogens with zero attached hydrogens (tertiary/aromatic N) is 2. The molecule has 1 amide bonds. The third kappa shape index (κ3) is 6.06. The van der Waals surface area contributed by atoms with Gasteiger partial charge >= 0.3 is 5.69 Å². The Morgan fingerprint density at radius 3 is 2.68 bits per heavy atom. The summed E-state index contributed by atoms with van der Waals surface area (Å²) >= 11 is 0. The Bertz CT molecular complexity index is 851. The minimum atomic E-state index is -0.801. The van der Waals surface area contributed by atoms with E-state index in [-0.39, 0.29) is 12.8 Å². The molecule has 0 bridgehead atoms. The van der Waals surface area contributed by atoms with E-state index in [4.69, 9.17) is 4.74 Å². The van der Waals surface area contributed by atoms with Crippen LogP contribution in [-0.4, -0.2) is 33.9 Å². The highest BCUT2D eigenvalue weighted by Gasteiger charge is 2.13. The summed E-state index contributed by atoms with van der Waals surface area (Å²) in [4.78, 5) is 21.9. The van der Waals surface area contributed by atoms with Gasteiger partial charge in [-0.3, -0.25) is 14.9 Å². The number of nitrogens with one attached hydrogen (secondary N) is 1. The summed E-state index contributed by atoms with van der Waals surface area (Å²) in [5.41, 5.74) is 2.87. The number of carbonyl (C=O) groups is 1. The fourth-order valence-corrected chi connectivity index (χ4v) is 2.39. The molecule has 0 fully saturated rings. The first-order valence-electron chi connectivity index (χ1n) is 8.60. The summed E-state index contributed by atoms with van der Waals surface area (Å²) in [6.45, 7) is 2.44. The van der Waals surface area contributed by atoms with E-state index in [0.717, 1.165) is 6.07 Å². The molecule has 2 aromatic carbocycles. The first kappa shape index (κ1) is 20.8. The molecule has 0 aliphatic carbocycles. The van der Waals surface area contributed by atoms with Gasteiger partial charge in [-0.1, -0.05) is 12.1 Å². The number of benzene rings is 2. The van der Waals surface area contributed by atoms with Crippen LogP contribution in [0.3, 0.4) is 0 Å². The van der Waals surface area contributed by atoms with Crippen molar-refractivity contribution in [2.75, 3.05) is 6.61 Å². The topological polar surface area (TPSA) is 134 Å². The van der Waals surface area contributed by atoms with Crippen LogP contribution in [0.15, 0.2) is 47.6 Å². The Balaban J connectivity index is 1.83. The lowest BCUT2D eigenvalue weighted by Gasteiger charge is -2.11. The van der Waals surface area contributed by atoms with Crippen LogP contribution in [0.1, 0.15) is 37.0 Å². The van der Waals surface area contributed by atoms with Gasteiger partial charge in [-0.25, -0.2) is 5.43 Å². The Morgan fingerprint density at radius 1 is 1.32 bits per heavy atom. The molecule has 148 valence electrons. The van der Waals surface area contributed by atoms with E-state index in [1.54, 1.807) is 24.3 Å². The number of ether oxygens (including phenoxy) is 1. The largest absolute Gasteiger partial charge is 0.502 e. The molecule has 0 aromatic heterocycles. The van der Waals surface area contributed by atoms with Crippen molar-refractivity contribution in [3.63, 3.8) is 0 Å². The van der Waals surface area contributed by atoms with Crippen LogP contribution in [0.25, 0.3) is 0 Å². The third-order valence-corrected chi connectivity index (χ3v) is 3.82. The molecular weight excluding hydrogens is 366 g/mol. The fourth-order valence-electron chi connectivity index (χ4n) is 2.39. The van der Waals surface area contributed by atoms with Crippen molar-refractivity contribution in [1.29, 1.82) is 0 Å². The Kier molecular flexibility index (Phi) is 7.46. The lowest BCUT2D eigenvalue weighted by Crippen LogP contribution is -2.18. The Morgan fingerprint density at radius 2 is 2.04 bits per heavy atom. The zero-order chi connectivity index (χ0) is 20.5. The SMILES string of the molecule is CCOc1ccc(C(O)CCC(=O)NN=Cc2ccc(O)c([N+](=O)[O-])c2)cc1. The van der Waals surface area contributed by atoms with Crippen molar-refractivity contribution in [3.05, 3.63) is 63.7 Å². The minimum Gasteiger partial charge on any atom is -0.502 e. The second-order valence-electron chi connectivity index (χ2n) is 5.85. The predicted octanol–water partition coefficient (Wildman–Crippen LogP) is 2.66. The Hall–Kier alpha value is -3.46. The highest BCUT2D eigenvalue weighted by Crippen LogP contribution is 2.25. The number of amides is 1. The summed E-state index contributed by atoms with van der Waals surface area (Å²) in [5, 5.41) is 34.0. The highest BCUT2D eigenvalue weighted by atomic mass is 16.6. The molecule has 28 heavy (non-hydrogen) atoms. The number of hydrogen-bond acceptors (Lipinski definition) is 7. The van der Waals surface area contributed by atoms with Gasteiger partial charge in [0.05, 0.1) is 23.8 Å². The average molecular weight is 387 g/mol. The van der Waals surface area contributed by atoms with Gasteiger partial charge in [0.15, 0.2) is 5.75 Å². The Labute approximate surface area is 161 Å². The van der Waals surface area contributed by atoms with Crippen LogP contribution in [0, 0.1) is 10.1 Å². The number of phenols is 1. The third-order valence-electron chi connectivity index (χ3n) is 3.82. The minimum absolute atomic E-state index is 0.0431. The predicted molar refractivity (Wildman–Crippen MR) is 102 cm³/mol. The van der Waals surface area contributed by atoms with Crippen molar-refractivity contribution in [2.45, 2.75) is 25.9 Å². The first-order chi connectivity index (χ1) is 13.4. The molecular formula is C19H21N3O6. The normalized spacial score (nSPS) is 11.9. The zero-order valence-corrected chi connectivity index (χ0v) is 15.2. The smallest absolute Gasteiger partial charge is 0.311 e. The molecule has 2 rings (SSSR count). The fraction of sp³-hybridized carbons (Fsp3) is 0.263. The van der Waals surface area contributed by atoms with Crippen LogP contribution in [0.2, 0.25) is 0 Å². The van der Waals surface area contributed by atoms with E-state index in [1.165, 1.54) is 18.3 Å². The molecule has 0 saturated heterocycles. The number of carbonyl (C=O) groups excluding carboxylic acids is 1. The van der Waals surface area contributed by atoms with Crippen LogP contribution < -0.4 is 10.2 Å². The standard InChI is InChI=1S/C19H21N3O6/c1-2-28-15-6-4-14(5-7-15)17(23)9-10-19(25)21-20-12-13-3-8-18(24)16(11-13)22(26)27/h3-8,11-12,17,23-24H,2,9-10H2,1H3,(H,21,25). The van der Waals surface area contributed by atoms with Gasteiger partial charge in [0.25, 0.3) is 0 Å². The van der Waals surface area contributed by atoms with Gasteiger partial charge in [0, 0.05) is 18.1 Å². The van der Waals surface area contributed by atoms with Gasteiger partial charge in [0.1, 0.15) is 5.75 Å². The maximum atomic E-state index is 11.8. The maximum Gasteiger partial charge on any atom is 0.311 e. The second kappa shape index (κ2) is 10.0. The van der Waals surface area contributed by atoms with E-state index in [0.29, 0.717) is 23.5 Å². The molecule has 1 atom stereocenters.